The highest BCUT2D eigenvalue weighted by atomic mass is 16.6. The number of rotatable bonds is 7. The SMILES string of the molecule is CCOC(=O)N1CCN(C(=O)CCCCc2ccc(OC)cc2)CC1. The van der Waals surface area contributed by atoms with Gasteiger partial charge < -0.3 is 19.3 Å². The highest BCUT2D eigenvalue weighted by Crippen LogP contribution is 2.14. The number of hydrogen-bond donors (Lipinski definition) is 0. The van der Waals surface area contributed by atoms with Gasteiger partial charge in [0.2, 0.25) is 5.91 Å². The van der Waals surface area contributed by atoms with Gasteiger partial charge in [-0.05, 0) is 43.9 Å². The second-order valence-corrected chi connectivity index (χ2v) is 6.12. The standard InChI is InChI=1S/C19H28N2O4/c1-3-25-19(23)21-14-12-20(13-15-21)18(22)7-5-4-6-16-8-10-17(24-2)11-9-16/h8-11H,3-7,12-15H2,1-2H3. The molecule has 0 aromatic heterocycles. The summed E-state index contributed by atoms with van der Waals surface area (Å²) in [4.78, 5) is 27.4. The lowest BCUT2D eigenvalue weighted by Crippen LogP contribution is -2.50. The number of carbonyl (C=O) groups is 2. The highest BCUT2D eigenvalue weighted by Gasteiger charge is 2.24. The fraction of sp³-hybridized carbons (Fsp3) is 0.579. The van der Waals surface area contributed by atoms with Crippen molar-refractivity contribution in [1.82, 2.24) is 9.80 Å². The number of carbonyl (C=O) groups excluding carboxylic acids is 2. The van der Waals surface area contributed by atoms with Crippen LogP contribution in [0.2, 0.25) is 0 Å². The Morgan fingerprint density at radius 2 is 1.64 bits per heavy atom. The van der Waals surface area contributed by atoms with Crippen molar-refractivity contribution in [2.24, 2.45) is 0 Å². The van der Waals surface area contributed by atoms with E-state index in [0.717, 1.165) is 25.0 Å². The van der Waals surface area contributed by atoms with E-state index < -0.39 is 0 Å². The first-order valence-corrected chi connectivity index (χ1v) is 8.96. The van der Waals surface area contributed by atoms with Gasteiger partial charge in [-0.1, -0.05) is 12.1 Å². The van der Waals surface area contributed by atoms with Crippen LogP contribution >= 0.6 is 0 Å². The molecule has 2 amide bonds. The summed E-state index contributed by atoms with van der Waals surface area (Å²) in [5, 5.41) is 0. The van der Waals surface area contributed by atoms with Crippen LogP contribution in [0.15, 0.2) is 24.3 Å². The minimum atomic E-state index is -0.283. The average molecular weight is 348 g/mol. The van der Waals surface area contributed by atoms with E-state index in [2.05, 4.69) is 12.1 Å². The zero-order valence-electron chi connectivity index (χ0n) is 15.2. The van der Waals surface area contributed by atoms with E-state index in [-0.39, 0.29) is 12.0 Å². The summed E-state index contributed by atoms with van der Waals surface area (Å²) in [6, 6.07) is 8.05. The van der Waals surface area contributed by atoms with Gasteiger partial charge in [-0.15, -0.1) is 0 Å². The summed E-state index contributed by atoms with van der Waals surface area (Å²) in [6.45, 7) is 4.47. The van der Waals surface area contributed by atoms with Crippen molar-refractivity contribution in [3.05, 3.63) is 29.8 Å². The molecule has 6 nitrogen and oxygen atoms in total. The number of piperazine rings is 1. The van der Waals surface area contributed by atoms with Gasteiger partial charge in [0, 0.05) is 32.6 Å². The van der Waals surface area contributed by atoms with Gasteiger partial charge in [-0.3, -0.25) is 4.79 Å². The Kier molecular flexibility index (Phi) is 7.57. The lowest BCUT2D eigenvalue weighted by molar-refractivity contribution is -0.132. The molecule has 0 bridgehead atoms. The Morgan fingerprint density at radius 1 is 1.00 bits per heavy atom. The molecule has 1 aromatic carbocycles. The van der Waals surface area contributed by atoms with E-state index in [1.165, 1.54) is 5.56 Å². The van der Waals surface area contributed by atoms with Crippen LogP contribution < -0.4 is 4.74 Å². The van der Waals surface area contributed by atoms with Gasteiger partial charge in [-0.2, -0.15) is 0 Å². The molecular formula is C19H28N2O4. The van der Waals surface area contributed by atoms with Gasteiger partial charge in [-0.25, -0.2) is 4.79 Å². The molecule has 1 aliphatic rings. The average Bonchev–Trinajstić information content (AvgIpc) is 2.66. The Labute approximate surface area is 149 Å². The minimum absolute atomic E-state index is 0.179. The lowest BCUT2D eigenvalue weighted by Gasteiger charge is -2.34. The molecular weight excluding hydrogens is 320 g/mol. The van der Waals surface area contributed by atoms with Gasteiger partial charge in [0.1, 0.15) is 5.75 Å². The minimum Gasteiger partial charge on any atom is -0.497 e. The molecule has 0 N–H and O–H groups in total. The van der Waals surface area contributed by atoms with Crippen molar-refractivity contribution in [3.8, 4) is 5.75 Å². The van der Waals surface area contributed by atoms with Crippen LogP contribution in [0.25, 0.3) is 0 Å². The topological polar surface area (TPSA) is 59.1 Å². The van der Waals surface area contributed by atoms with Crippen LogP contribution in [0.4, 0.5) is 4.79 Å². The van der Waals surface area contributed by atoms with E-state index in [0.29, 0.717) is 39.2 Å². The van der Waals surface area contributed by atoms with Crippen molar-refractivity contribution < 1.29 is 19.1 Å². The normalized spacial score (nSPS) is 14.3. The monoisotopic (exact) mass is 348 g/mol. The third kappa shape index (κ3) is 5.96. The van der Waals surface area contributed by atoms with Crippen LogP contribution in [-0.2, 0) is 16.0 Å². The summed E-state index contributed by atoms with van der Waals surface area (Å²) in [5.41, 5.74) is 1.26. The van der Waals surface area contributed by atoms with Crippen molar-refractivity contribution in [2.75, 3.05) is 39.9 Å². The van der Waals surface area contributed by atoms with Crippen molar-refractivity contribution in [1.29, 1.82) is 0 Å². The molecule has 1 fully saturated rings. The lowest BCUT2D eigenvalue weighted by atomic mass is 10.1. The smallest absolute Gasteiger partial charge is 0.409 e. The van der Waals surface area contributed by atoms with Crippen molar-refractivity contribution in [3.63, 3.8) is 0 Å². The number of nitrogens with zero attached hydrogens (tertiary/aromatic N) is 2. The fourth-order valence-electron chi connectivity index (χ4n) is 2.91. The van der Waals surface area contributed by atoms with Gasteiger partial charge >= 0.3 is 6.09 Å². The maximum atomic E-state index is 12.3. The van der Waals surface area contributed by atoms with Crippen LogP contribution in [0.1, 0.15) is 31.7 Å². The molecule has 0 radical (unpaired) electrons. The van der Waals surface area contributed by atoms with E-state index >= 15 is 0 Å². The number of methoxy groups -OCH3 is 1. The molecule has 0 saturated carbocycles. The van der Waals surface area contributed by atoms with Gasteiger partial charge in [0.05, 0.1) is 13.7 Å². The molecule has 1 aliphatic heterocycles. The maximum Gasteiger partial charge on any atom is 0.409 e. The van der Waals surface area contributed by atoms with Crippen LogP contribution in [0.5, 0.6) is 5.75 Å². The predicted molar refractivity (Wildman–Crippen MR) is 95.7 cm³/mol. The van der Waals surface area contributed by atoms with E-state index in [1.807, 2.05) is 17.0 Å². The molecule has 25 heavy (non-hydrogen) atoms. The third-order valence-corrected chi connectivity index (χ3v) is 4.42. The number of benzene rings is 1. The summed E-state index contributed by atoms with van der Waals surface area (Å²) in [5.74, 6) is 1.04. The quantitative estimate of drug-likeness (QED) is 0.711. The number of hydrogen-bond acceptors (Lipinski definition) is 4. The molecule has 1 heterocycles. The predicted octanol–water partition coefficient (Wildman–Crippen LogP) is 2.71. The number of aryl methyl sites for hydroxylation is 1. The van der Waals surface area contributed by atoms with Crippen molar-refractivity contribution in [2.45, 2.75) is 32.6 Å². The fourth-order valence-corrected chi connectivity index (χ4v) is 2.91. The number of amides is 2. The zero-order valence-corrected chi connectivity index (χ0v) is 15.2. The molecule has 0 spiro atoms. The summed E-state index contributed by atoms with van der Waals surface area (Å²) >= 11 is 0. The van der Waals surface area contributed by atoms with E-state index in [1.54, 1.807) is 18.9 Å². The number of ether oxygens (including phenoxy) is 2. The highest BCUT2D eigenvalue weighted by molar-refractivity contribution is 5.76. The molecule has 2 rings (SSSR count). The van der Waals surface area contributed by atoms with E-state index in [4.69, 9.17) is 9.47 Å². The maximum absolute atomic E-state index is 12.3. The Morgan fingerprint density at radius 3 is 2.24 bits per heavy atom. The molecule has 0 aliphatic carbocycles. The third-order valence-electron chi connectivity index (χ3n) is 4.42. The van der Waals surface area contributed by atoms with Crippen LogP contribution in [-0.4, -0.2) is 61.7 Å². The van der Waals surface area contributed by atoms with Crippen LogP contribution in [0.3, 0.4) is 0 Å². The molecule has 1 aromatic rings. The summed E-state index contributed by atoms with van der Waals surface area (Å²) in [7, 11) is 1.66. The van der Waals surface area contributed by atoms with Gasteiger partial charge in [0.25, 0.3) is 0 Å². The molecule has 1 saturated heterocycles. The second-order valence-electron chi connectivity index (χ2n) is 6.12. The van der Waals surface area contributed by atoms with Crippen molar-refractivity contribution >= 4 is 12.0 Å². The number of unbranched alkanes of at least 4 members (excludes halogenated alkanes) is 1. The molecule has 0 unspecified atom stereocenters. The first kappa shape index (κ1) is 19.1. The Bertz CT molecular complexity index is 551. The molecule has 138 valence electrons. The first-order valence-electron chi connectivity index (χ1n) is 8.96. The Balaban J connectivity index is 1.63. The molecule has 6 heteroatoms. The van der Waals surface area contributed by atoms with E-state index in [9.17, 15) is 9.59 Å². The summed E-state index contributed by atoms with van der Waals surface area (Å²) < 4.78 is 10.1. The molecule has 0 atom stereocenters. The Hall–Kier alpha value is -2.24. The van der Waals surface area contributed by atoms with Gasteiger partial charge in [0.15, 0.2) is 0 Å². The largest absolute Gasteiger partial charge is 0.497 e. The second kappa shape index (κ2) is 9.91. The summed E-state index contributed by atoms with van der Waals surface area (Å²) in [6.07, 6.45) is 3.11. The first-order chi connectivity index (χ1) is 12.1. The van der Waals surface area contributed by atoms with Crippen LogP contribution in [0, 0.1) is 0 Å². The zero-order chi connectivity index (χ0) is 18.1.